The summed E-state index contributed by atoms with van der Waals surface area (Å²) in [6.07, 6.45) is -20.5. The van der Waals surface area contributed by atoms with Crippen LogP contribution < -0.4 is 0 Å². The van der Waals surface area contributed by atoms with Crippen molar-refractivity contribution in [2.24, 2.45) is 0 Å². The lowest BCUT2D eigenvalue weighted by Crippen LogP contribution is -2.67. The molecule has 0 aromatic carbocycles. The highest BCUT2D eigenvalue weighted by Crippen LogP contribution is 2.36. The van der Waals surface area contributed by atoms with Crippen LogP contribution >= 0.6 is 0 Å². The number of aliphatic hydroxyl groups is 7. The lowest BCUT2D eigenvalue weighted by molar-refractivity contribution is -0.396. The minimum atomic E-state index is -1.92. The molecular formula is C41H70O21. The van der Waals surface area contributed by atoms with Crippen LogP contribution in [0.2, 0.25) is 0 Å². The molecule has 4 saturated heterocycles. The molecule has 0 amide bonds. The maximum atomic E-state index is 12.5. The minimum absolute atomic E-state index is 0.201. The van der Waals surface area contributed by atoms with Gasteiger partial charge in [0.1, 0.15) is 54.9 Å². The van der Waals surface area contributed by atoms with E-state index < -0.39 is 141 Å². The highest BCUT2D eigenvalue weighted by molar-refractivity contribution is 5.67. The fourth-order valence-corrected chi connectivity index (χ4v) is 8.01. The summed E-state index contributed by atoms with van der Waals surface area (Å²) < 4.78 is 62.7. The van der Waals surface area contributed by atoms with Gasteiger partial charge in [0.05, 0.1) is 18.3 Å². The van der Waals surface area contributed by atoms with Crippen LogP contribution in [0.4, 0.5) is 0 Å². The number of esters is 3. The average molecular weight is 899 g/mol. The van der Waals surface area contributed by atoms with Crippen LogP contribution in [0, 0.1) is 0 Å². The molecule has 0 aromatic rings. The van der Waals surface area contributed by atoms with Crippen LogP contribution in [-0.4, -0.2) is 183 Å². The molecule has 4 fully saturated rings. The first-order chi connectivity index (χ1) is 29.4. The van der Waals surface area contributed by atoms with Gasteiger partial charge in [0.25, 0.3) is 0 Å². The van der Waals surface area contributed by atoms with Crippen LogP contribution in [0.15, 0.2) is 0 Å². The van der Waals surface area contributed by atoms with Crippen molar-refractivity contribution in [3.05, 3.63) is 0 Å². The van der Waals surface area contributed by atoms with E-state index in [0.29, 0.717) is 6.42 Å². The highest BCUT2D eigenvalue weighted by Gasteiger charge is 2.56. The summed E-state index contributed by atoms with van der Waals surface area (Å²) in [5, 5.41) is 77.6. The zero-order valence-corrected chi connectivity index (χ0v) is 36.7. The van der Waals surface area contributed by atoms with Crippen molar-refractivity contribution < 1.29 is 102 Å². The maximum absolute atomic E-state index is 12.5. The van der Waals surface area contributed by atoms with Gasteiger partial charge in [0.15, 0.2) is 49.8 Å². The standard InChI is InChI=1S/C41H70O21/c1-8-9-10-11-12-13-14-15-16-17-18-52-38-28(48)27(47)35(37(51)62-38)61-40-30(50)34(32(21(4)55-40)57-23(6)43)60-41-36(58-24(7)44)33(25(45)19(2)53-41)59-39-29(49)26(46)31(20(3)54-39)56-22(5)42/h19-21,25-41,45-51H,8-18H2,1-7H3/t19-,20-,21-,25-,26-,27-,28+,29+,30+,31-,32-,33+,34-,35+,36+,37+,38+,39-,40-,41-/m0/s1. The second-order valence-electron chi connectivity index (χ2n) is 16.5. The topological polar surface area (TPSA) is 294 Å². The van der Waals surface area contributed by atoms with E-state index in [-0.39, 0.29) is 6.61 Å². The maximum Gasteiger partial charge on any atom is 0.303 e. The average Bonchev–Trinajstić information content (AvgIpc) is 3.20. The summed E-state index contributed by atoms with van der Waals surface area (Å²) in [6.45, 7) is 9.95. The molecule has 21 nitrogen and oxygen atoms in total. The van der Waals surface area contributed by atoms with E-state index in [2.05, 4.69) is 6.92 Å². The first-order valence-corrected chi connectivity index (χ1v) is 21.8. The molecule has 62 heavy (non-hydrogen) atoms. The summed E-state index contributed by atoms with van der Waals surface area (Å²) in [5.74, 6) is -2.45. The Hall–Kier alpha value is -2.19. The smallest absolute Gasteiger partial charge is 0.303 e. The molecule has 0 aromatic heterocycles. The van der Waals surface area contributed by atoms with Gasteiger partial charge in [-0.3, -0.25) is 14.4 Å². The van der Waals surface area contributed by atoms with E-state index in [0.717, 1.165) is 40.0 Å². The third kappa shape index (κ3) is 14.2. The van der Waals surface area contributed by atoms with Gasteiger partial charge in [-0.1, -0.05) is 64.7 Å². The Bertz CT molecular complexity index is 1370. The molecule has 4 aliphatic rings. The zero-order chi connectivity index (χ0) is 45.8. The summed E-state index contributed by atoms with van der Waals surface area (Å²) in [6, 6.07) is 0. The third-order valence-electron chi connectivity index (χ3n) is 11.4. The van der Waals surface area contributed by atoms with E-state index >= 15 is 0 Å². The van der Waals surface area contributed by atoms with Gasteiger partial charge in [-0.15, -0.1) is 0 Å². The molecule has 4 aliphatic heterocycles. The number of carbonyl (C=O) groups is 3. The lowest BCUT2D eigenvalue weighted by Gasteiger charge is -2.49. The number of ether oxygens (including phenoxy) is 11. The molecule has 7 N–H and O–H groups in total. The van der Waals surface area contributed by atoms with Gasteiger partial charge in [-0.2, -0.15) is 0 Å². The van der Waals surface area contributed by atoms with Gasteiger partial charge in [-0.25, -0.2) is 0 Å². The van der Waals surface area contributed by atoms with Crippen molar-refractivity contribution in [3.63, 3.8) is 0 Å². The molecule has 0 aliphatic carbocycles. The number of rotatable bonds is 21. The van der Waals surface area contributed by atoms with Crippen LogP contribution in [0.25, 0.3) is 0 Å². The number of aliphatic hydroxyl groups excluding tert-OH is 7. The Morgan fingerprint density at radius 3 is 1.42 bits per heavy atom. The van der Waals surface area contributed by atoms with E-state index in [1.54, 1.807) is 0 Å². The van der Waals surface area contributed by atoms with Crippen molar-refractivity contribution in [1.29, 1.82) is 0 Å². The van der Waals surface area contributed by atoms with Crippen molar-refractivity contribution >= 4 is 17.9 Å². The van der Waals surface area contributed by atoms with E-state index in [1.807, 2.05) is 0 Å². The second kappa shape index (κ2) is 24.9. The molecule has 0 saturated carbocycles. The van der Waals surface area contributed by atoms with Crippen LogP contribution in [0.5, 0.6) is 0 Å². The monoisotopic (exact) mass is 898 g/mol. The predicted octanol–water partition coefficient (Wildman–Crippen LogP) is -0.0509. The van der Waals surface area contributed by atoms with Gasteiger partial charge in [-0.05, 0) is 27.2 Å². The molecule has 360 valence electrons. The van der Waals surface area contributed by atoms with Gasteiger partial charge >= 0.3 is 17.9 Å². The zero-order valence-electron chi connectivity index (χ0n) is 36.7. The molecule has 0 radical (unpaired) electrons. The Morgan fingerprint density at radius 2 is 0.839 bits per heavy atom. The Morgan fingerprint density at radius 1 is 0.419 bits per heavy atom. The number of hydrogen-bond donors (Lipinski definition) is 7. The SMILES string of the molecule is CCCCCCCCCCCCO[C@@H]1O[C@@H](O)[C@H](O[C@@H]2O[C@@H](C)[C@H](OC(C)=O)[C@@H](O[C@@H]3O[C@@H](C)[C@H](O)[C@@H](O[C@@H]4O[C@@H](C)[C@H](OC(C)=O)[C@@H](O)[C@H]4O)[C@H]3OC(C)=O)[C@H]2O)[C@@H](O)[C@H]1O. The first kappa shape index (κ1) is 52.4. The van der Waals surface area contributed by atoms with Crippen LogP contribution in [0.3, 0.4) is 0 Å². The molecule has 0 bridgehead atoms. The fraction of sp³-hybridized carbons (Fsp3) is 0.927. The second-order valence-corrected chi connectivity index (χ2v) is 16.5. The van der Waals surface area contributed by atoms with Crippen molar-refractivity contribution in [2.45, 2.75) is 236 Å². The van der Waals surface area contributed by atoms with Crippen LogP contribution in [0.1, 0.15) is 113 Å². The Kier molecular flexibility index (Phi) is 21.1. The number of hydrogen-bond acceptors (Lipinski definition) is 21. The quantitative estimate of drug-likeness (QED) is 0.0451. The fourth-order valence-electron chi connectivity index (χ4n) is 8.01. The minimum Gasteiger partial charge on any atom is -0.457 e. The number of carbonyl (C=O) groups excluding carboxylic acids is 3. The normalized spacial score (nSPS) is 41.3. The molecule has 0 spiro atoms. The first-order valence-electron chi connectivity index (χ1n) is 21.8. The summed E-state index contributed by atoms with van der Waals surface area (Å²) >= 11 is 0. The van der Waals surface area contributed by atoms with Gasteiger partial charge < -0.3 is 87.9 Å². The lowest BCUT2D eigenvalue weighted by atomic mass is 9.96. The Balaban J connectivity index is 1.44. The summed E-state index contributed by atoms with van der Waals surface area (Å²) in [7, 11) is 0. The molecular weight excluding hydrogens is 828 g/mol. The molecule has 20 atom stereocenters. The van der Waals surface area contributed by atoms with E-state index in [1.165, 1.54) is 59.3 Å². The third-order valence-corrected chi connectivity index (χ3v) is 11.4. The molecule has 4 heterocycles. The molecule has 0 unspecified atom stereocenters. The van der Waals surface area contributed by atoms with Crippen molar-refractivity contribution in [1.82, 2.24) is 0 Å². The predicted molar refractivity (Wildman–Crippen MR) is 209 cm³/mol. The summed E-state index contributed by atoms with van der Waals surface area (Å²) in [4.78, 5) is 36.4. The largest absolute Gasteiger partial charge is 0.457 e. The molecule has 21 heteroatoms. The Labute approximate surface area is 362 Å². The molecule has 4 rings (SSSR count). The number of unbranched alkanes of at least 4 members (excludes halogenated alkanes) is 9. The van der Waals surface area contributed by atoms with Gasteiger partial charge in [0, 0.05) is 27.4 Å². The van der Waals surface area contributed by atoms with E-state index in [9.17, 15) is 50.1 Å². The van der Waals surface area contributed by atoms with Crippen molar-refractivity contribution in [2.75, 3.05) is 6.61 Å². The summed E-state index contributed by atoms with van der Waals surface area (Å²) in [5.41, 5.74) is 0. The van der Waals surface area contributed by atoms with Crippen LogP contribution in [-0.2, 0) is 66.5 Å². The van der Waals surface area contributed by atoms with Gasteiger partial charge in [0.2, 0.25) is 0 Å². The van der Waals surface area contributed by atoms with Crippen molar-refractivity contribution in [3.8, 4) is 0 Å². The van der Waals surface area contributed by atoms with E-state index in [4.69, 9.17) is 52.1 Å². The highest BCUT2D eigenvalue weighted by atomic mass is 16.8.